The van der Waals surface area contributed by atoms with E-state index in [0.717, 1.165) is 12.8 Å². The molecule has 0 saturated heterocycles. The van der Waals surface area contributed by atoms with Crippen molar-refractivity contribution in [2.75, 3.05) is 6.61 Å². The van der Waals surface area contributed by atoms with Gasteiger partial charge in [0.05, 0.1) is 13.0 Å². The third kappa shape index (κ3) is 4.18. The van der Waals surface area contributed by atoms with Gasteiger partial charge in [0.15, 0.2) is 0 Å². The number of ether oxygens (including phenoxy) is 1. The summed E-state index contributed by atoms with van der Waals surface area (Å²) < 4.78 is 18.1. The molecule has 2 rings (SSSR count). The zero-order valence-corrected chi connectivity index (χ0v) is 11.8. The number of rotatable bonds is 7. The van der Waals surface area contributed by atoms with Crippen LogP contribution in [0.15, 0.2) is 24.3 Å². The Morgan fingerprint density at radius 3 is 2.52 bits per heavy atom. The van der Waals surface area contributed by atoms with Crippen LogP contribution in [-0.2, 0) is 9.59 Å². The van der Waals surface area contributed by atoms with Gasteiger partial charge in [0, 0.05) is 6.04 Å². The van der Waals surface area contributed by atoms with Crippen molar-refractivity contribution in [2.45, 2.75) is 38.3 Å². The van der Waals surface area contributed by atoms with E-state index >= 15 is 0 Å². The summed E-state index contributed by atoms with van der Waals surface area (Å²) in [5.74, 6) is -1.11. The third-order valence-corrected chi connectivity index (χ3v) is 3.40. The van der Waals surface area contributed by atoms with Crippen molar-refractivity contribution in [3.63, 3.8) is 0 Å². The van der Waals surface area contributed by atoms with Crippen LogP contribution in [0.2, 0.25) is 0 Å². The van der Waals surface area contributed by atoms with Crippen molar-refractivity contribution < 1.29 is 23.8 Å². The summed E-state index contributed by atoms with van der Waals surface area (Å²) in [5, 5.41) is 9.05. The number of carbonyl (C=O) groups is 2. The standard InChI is InChI=1S/C15H18FNO4/c1-10(15(19)20)17(12-4-5-12)14(18)8-9-21-13-6-2-11(16)3-7-13/h2-3,6-7,10,12H,4-5,8-9H2,1H3,(H,19,20). The first-order chi connectivity index (χ1) is 9.99. The third-order valence-electron chi connectivity index (χ3n) is 3.40. The van der Waals surface area contributed by atoms with E-state index < -0.39 is 12.0 Å². The van der Waals surface area contributed by atoms with Gasteiger partial charge in [-0.15, -0.1) is 0 Å². The molecule has 0 spiro atoms. The minimum Gasteiger partial charge on any atom is -0.493 e. The van der Waals surface area contributed by atoms with Gasteiger partial charge in [-0.1, -0.05) is 0 Å². The molecule has 0 aromatic heterocycles. The number of hydrogen-bond acceptors (Lipinski definition) is 3. The molecule has 1 aromatic rings. The first-order valence-corrected chi connectivity index (χ1v) is 6.91. The number of benzene rings is 1. The van der Waals surface area contributed by atoms with E-state index in [1.54, 1.807) is 0 Å². The maximum atomic E-state index is 12.7. The van der Waals surface area contributed by atoms with E-state index in [-0.39, 0.29) is 30.8 Å². The van der Waals surface area contributed by atoms with E-state index in [1.807, 2.05) is 0 Å². The minimum absolute atomic E-state index is 0.0365. The second-order valence-corrected chi connectivity index (χ2v) is 5.10. The van der Waals surface area contributed by atoms with Gasteiger partial charge >= 0.3 is 5.97 Å². The van der Waals surface area contributed by atoms with Gasteiger partial charge in [-0.25, -0.2) is 9.18 Å². The molecule has 1 aromatic carbocycles. The van der Waals surface area contributed by atoms with Crippen LogP contribution >= 0.6 is 0 Å². The van der Waals surface area contributed by atoms with Crippen LogP contribution in [0.3, 0.4) is 0 Å². The first-order valence-electron chi connectivity index (χ1n) is 6.91. The number of hydrogen-bond donors (Lipinski definition) is 1. The van der Waals surface area contributed by atoms with Crippen LogP contribution in [0.5, 0.6) is 5.75 Å². The van der Waals surface area contributed by atoms with E-state index in [0.29, 0.717) is 5.75 Å². The van der Waals surface area contributed by atoms with Crippen molar-refractivity contribution in [1.82, 2.24) is 4.90 Å². The fourth-order valence-electron chi connectivity index (χ4n) is 2.12. The summed E-state index contributed by atoms with van der Waals surface area (Å²) in [5.41, 5.74) is 0. The molecule has 0 radical (unpaired) electrons. The summed E-state index contributed by atoms with van der Waals surface area (Å²) in [7, 11) is 0. The molecule has 5 nitrogen and oxygen atoms in total. The topological polar surface area (TPSA) is 66.8 Å². The molecule has 1 aliphatic rings. The molecule has 1 saturated carbocycles. The van der Waals surface area contributed by atoms with Gasteiger partial charge in [-0.05, 0) is 44.0 Å². The highest BCUT2D eigenvalue weighted by molar-refractivity contribution is 5.84. The van der Waals surface area contributed by atoms with Gasteiger partial charge in [0.25, 0.3) is 0 Å². The zero-order chi connectivity index (χ0) is 15.4. The summed E-state index contributed by atoms with van der Waals surface area (Å²) in [4.78, 5) is 24.6. The number of amides is 1. The number of halogens is 1. The lowest BCUT2D eigenvalue weighted by Gasteiger charge is -2.26. The fraction of sp³-hybridized carbons (Fsp3) is 0.467. The maximum Gasteiger partial charge on any atom is 0.326 e. The summed E-state index contributed by atoms with van der Waals surface area (Å²) >= 11 is 0. The molecule has 1 amide bonds. The molecule has 0 heterocycles. The molecule has 1 unspecified atom stereocenters. The van der Waals surface area contributed by atoms with Gasteiger partial charge in [-0.3, -0.25) is 4.79 Å². The molecular weight excluding hydrogens is 277 g/mol. The highest BCUT2D eigenvalue weighted by atomic mass is 19.1. The van der Waals surface area contributed by atoms with Crippen LogP contribution in [0, 0.1) is 5.82 Å². The minimum atomic E-state index is -1.00. The smallest absolute Gasteiger partial charge is 0.326 e. The van der Waals surface area contributed by atoms with Crippen LogP contribution in [0.1, 0.15) is 26.2 Å². The average molecular weight is 295 g/mol. The van der Waals surface area contributed by atoms with Crippen molar-refractivity contribution in [3.8, 4) is 5.75 Å². The van der Waals surface area contributed by atoms with Gasteiger partial charge in [-0.2, -0.15) is 0 Å². The lowest BCUT2D eigenvalue weighted by molar-refractivity contribution is -0.150. The van der Waals surface area contributed by atoms with Gasteiger partial charge < -0.3 is 14.7 Å². The van der Waals surface area contributed by atoms with Crippen LogP contribution in [0.25, 0.3) is 0 Å². The molecule has 6 heteroatoms. The van der Waals surface area contributed by atoms with E-state index in [9.17, 15) is 14.0 Å². The lowest BCUT2D eigenvalue weighted by atomic mass is 10.2. The number of aliphatic carboxylic acids is 1. The Kier molecular flexibility index (Phi) is 4.77. The van der Waals surface area contributed by atoms with Crippen LogP contribution in [0.4, 0.5) is 4.39 Å². The Bertz CT molecular complexity index is 513. The Morgan fingerprint density at radius 1 is 1.38 bits per heavy atom. The summed E-state index contributed by atoms with van der Waals surface area (Å²) in [6.45, 7) is 1.65. The monoisotopic (exact) mass is 295 g/mol. The molecule has 1 N–H and O–H groups in total. The van der Waals surface area contributed by atoms with E-state index in [4.69, 9.17) is 9.84 Å². The average Bonchev–Trinajstić information content (AvgIpc) is 3.25. The van der Waals surface area contributed by atoms with Crippen molar-refractivity contribution >= 4 is 11.9 Å². The molecular formula is C15H18FNO4. The predicted octanol–water partition coefficient (Wildman–Crippen LogP) is 2.06. The van der Waals surface area contributed by atoms with Crippen molar-refractivity contribution in [3.05, 3.63) is 30.1 Å². The van der Waals surface area contributed by atoms with Gasteiger partial charge in [0.2, 0.25) is 5.91 Å². The Balaban J connectivity index is 1.85. The molecule has 0 bridgehead atoms. The van der Waals surface area contributed by atoms with Gasteiger partial charge in [0.1, 0.15) is 17.6 Å². The molecule has 114 valence electrons. The number of carbonyl (C=O) groups excluding carboxylic acids is 1. The molecule has 1 aliphatic carbocycles. The van der Waals surface area contributed by atoms with Crippen LogP contribution < -0.4 is 4.74 Å². The molecule has 0 aliphatic heterocycles. The lowest BCUT2D eigenvalue weighted by Crippen LogP contribution is -2.45. The van der Waals surface area contributed by atoms with E-state index in [1.165, 1.54) is 36.1 Å². The Hall–Kier alpha value is -2.11. The SMILES string of the molecule is CC(C(=O)O)N(C(=O)CCOc1ccc(F)cc1)C1CC1. The van der Waals surface area contributed by atoms with Crippen LogP contribution in [-0.4, -0.2) is 40.6 Å². The summed E-state index contributed by atoms with van der Waals surface area (Å²) in [6.07, 6.45) is 1.80. The second kappa shape index (κ2) is 6.56. The predicted molar refractivity (Wildman–Crippen MR) is 73.5 cm³/mol. The highest BCUT2D eigenvalue weighted by Crippen LogP contribution is 2.29. The number of carboxylic acid groups (broad SMARTS) is 1. The quantitative estimate of drug-likeness (QED) is 0.836. The molecule has 1 atom stereocenters. The van der Waals surface area contributed by atoms with Crippen molar-refractivity contribution in [1.29, 1.82) is 0 Å². The van der Waals surface area contributed by atoms with E-state index in [2.05, 4.69) is 0 Å². The number of carboxylic acids is 1. The Morgan fingerprint density at radius 2 is 2.00 bits per heavy atom. The molecule has 21 heavy (non-hydrogen) atoms. The summed E-state index contributed by atoms with van der Waals surface area (Å²) in [6, 6.07) is 4.74. The van der Waals surface area contributed by atoms with Crippen molar-refractivity contribution in [2.24, 2.45) is 0 Å². The Labute approximate surface area is 122 Å². The normalized spacial score (nSPS) is 15.3. The number of nitrogens with zero attached hydrogens (tertiary/aromatic N) is 1. The second-order valence-electron chi connectivity index (χ2n) is 5.10. The maximum absolute atomic E-state index is 12.7. The largest absolute Gasteiger partial charge is 0.493 e. The zero-order valence-electron chi connectivity index (χ0n) is 11.8. The molecule has 1 fully saturated rings. The first kappa shape index (κ1) is 15.3. The fourth-order valence-corrected chi connectivity index (χ4v) is 2.12. The highest BCUT2D eigenvalue weighted by Gasteiger charge is 2.37.